The van der Waals surface area contributed by atoms with E-state index in [1.165, 1.54) is 24.3 Å². The predicted octanol–water partition coefficient (Wildman–Crippen LogP) is 7.84. The number of nitrogens with zero attached hydrogens (tertiary/aromatic N) is 4. The number of halogens is 3. The van der Waals surface area contributed by atoms with Crippen LogP contribution in [-0.4, -0.2) is 20.3 Å². The predicted molar refractivity (Wildman–Crippen MR) is 166 cm³/mol. The minimum Gasteiger partial charge on any atom is -0.339 e. The van der Waals surface area contributed by atoms with Crippen LogP contribution in [0.1, 0.15) is 41.0 Å². The van der Waals surface area contributed by atoms with Gasteiger partial charge in [-0.2, -0.15) is 9.97 Å². The third kappa shape index (κ3) is 8.72. The molecule has 6 aromatic rings. The fourth-order valence-electron chi connectivity index (χ4n) is 3.76. The van der Waals surface area contributed by atoms with Crippen molar-refractivity contribution in [3.8, 4) is 46.5 Å². The number of benzene rings is 4. The van der Waals surface area contributed by atoms with Gasteiger partial charge in [-0.1, -0.05) is 53.1 Å². The SMILES string of the molecule is CCc1nc(-c2ccc(C#Cc3cccc(F)c3)cc2)no1.Cc1nc(-c2ccc(C#Cc3cccc(F)c3)cc2)no1.Cl. The van der Waals surface area contributed by atoms with Gasteiger partial charge in [-0.25, -0.2) is 8.78 Å². The van der Waals surface area contributed by atoms with E-state index >= 15 is 0 Å². The standard InChI is InChI=1S/C18H13FN2O.C17H11FN2O.ClH/c1-2-17-20-18(21-22-17)15-10-8-13(9-11-15)6-7-14-4-3-5-16(19)12-14;1-12-19-17(20-21-12)15-9-7-13(8-10-15)5-6-14-3-2-4-16(18)11-14;/h3-5,8-12H,2H2,1H3;2-4,7-11H,1H3;1H. The summed E-state index contributed by atoms with van der Waals surface area (Å²) in [5.74, 6) is 13.5. The van der Waals surface area contributed by atoms with Crippen LogP contribution >= 0.6 is 12.4 Å². The summed E-state index contributed by atoms with van der Waals surface area (Å²) in [6.07, 6.45) is 0.712. The molecule has 0 aliphatic rings. The third-order valence-electron chi connectivity index (χ3n) is 5.94. The molecule has 2 heterocycles. The van der Waals surface area contributed by atoms with Crippen molar-refractivity contribution >= 4 is 12.4 Å². The van der Waals surface area contributed by atoms with Crippen LogP contribution in [0, 0.1) is 42.2 Å². The Morgan fingerprint density at radius 1 is 0.591 bits per heavy atom. The van der Waals surface area contributed by atoms with Gasteiger partial charge < -0.3 is 9.05 Å². The molecule has 0 unspecified atom stereocenters. The molecule has 0 aliphatic heterocycles. The molecule has 44 heavy (non-hydrogen) atoms. The zero-order valence-electron chi connectivity index (χ0n) is 23.7. The van der Waals surface area contributed by atoms with E-state index in [0.29, 0.717) is 41.0 Å². The lowest BCUT2D eigenvalue weighted by molar-refractivity contribution is 0.383. The van der Waals surface area contributed by atoms with Crippen LogP contribution in [0.15, 0.2) is 106 Å². The summed E-state index contributed by atoms with van der Waals surface area (Å²) in [5, 5.41) is 7.78. The van der Waals surface area contributed by atoms with E-state index in [4.69, 9.17) is 9.05 Å². The van der Waals surface area contributed by atoms with Crippen molar-refractivity contribution in [2.24, 2.45) is 0 Å². The van der Waals surface area contributed by atoms with Gasteiger partial charge in [0.05, 0.1) is 0 Å². The Morgan fingerprint density at radius 3 is 1.45 bits per heavy atom. The quantitative estimate of drug-likeness (QED) is 0.191. The molecule has 0 atom stereocenters. The molecule has 218 valence electrons. The number of hydrogen-bond donors (Lipinski definition) is 0. The molecule has 0 bridgehead atoms. The summed E-state index contributed by atoms with van der Waals surface area (Å²) in [4.78, 5) is 8.43. The lowest BCUT2D eigenvalue weighted by Crippen LogP contribution is -1.83. The summed E-state index contributed by atoms with van der Waals surface area (Å²) in [6, 6.07) is 27.5. The van der Waals surface area contributed by atoms with Crippen LogP contribution < -0.4 is 0 Å². The summed E-state index contributed by atoms with van der Waals surface area (Å²) < 4.78 is 36.2. The van der Waals surface area contributed by atoms with Gasteiger partial charge in [0.25, 0.3) is 0 Å². The summed E-state index contributed by atoms with van der Waals surface area (Å²) in [5.41, 5.74) is 4.71. The molecule has 0 radical (unpaired) electrons. The fraction of sp³-hybridized carbons (Fsp3) is 0.0857. The molecule has 0 amide bonds. The van der Waals surface area contributed by atoms with Crippen LogP contribution in [0.2, 0.25) is 0 Å². The first-order valence-corrected chi connectivity index (χ1v) is 13.3. The first-order chi connectivity index (χ1) is 20.9. The Morgan fingerprint density at radius 2 is 1.05 bits per heavy atom. The van der Waals surface area contributed by atoms with Gasteiger partial charge in [-0.15, -0.1) is 12.4 Å². The summed E-state index contributed by atoms with van der Waals surface area (Å²) >= 11 is 0. The number of rotatable bonds is 3. The van der Waals surface area contributed by atoms with Gasteiger partial charge in [0, 0.05) is 46.7 Å². The van der Waals surface area contributed by atoms with Crippen molar-refractivity contribution in [3.05, 3.63) is 143 Å². The van der Waals surface area contributed by atoms with Crippen LogP contribution in [0.5, 0.6) is 0 Å². The van der Waals surface area contributed by atoms with Crippen molar-refractivity contribution in [2.75, 3.05) is 0 Å². The van der Waals surface area contributed by atoms with Gasteiger partial charge in [-0.05, 0) is 84.9 Å². The van der Waals surface area contributed by atoms with E-state index in [9.17, 15) is 8.78 Å². The van der Waals surface area contributed by atoms with Crippen LogP contribution in [0.3, 0.4) is 0 Å². The summed E-state index contributed by atoms with van der Waals surface area (Å²) in [6.45, 7) is 3.71. The van der Waals surface area contributed by atoms with E-state index < -0.39 is 0 Å². The minimum absolute atomic E-state index is 0. The van der Waals surface area contributed by atoms with Crippen LogP contribution in [-0.2, 0) is 6.42 Å². The Bertz CT molecular complexity index is 1960. The molecule has 0 N–H and O–H groups in total. The van der Waals surface area contributed by atoms with Gasteiger partial charge in [0.15, 0.2) is 0 Å². The summed E-state index contributed by atoms with van der Waals surface area (Å²) in [7, 11) is 0. The third-order valence-corrected chi connectivity index (χ3v) is 5.94. The molecule has 0 aliphatic carbocycles. The second-order valence-corrected chi connectivity index (χ2v) is 9.18. The Labute approximate surface area is 259 Å². The van der Waals surface area contributed by atoms with Crippen LogP contribution in [0.25, 0.3) is 22.8 Å². The van der Waals surface area contributed by atoms with E-state index in [0.717, 1.165) is 22.3 Å². The first kappa shape index (κ1) is 31.4. The second kappa shape index (κ2) is 15.1. The van der Waals surface area contributed by atoms with Crippen molar-refractivity contribution in [1.82, 2.24) is 20.3 Å². The molecule has 9 heteroatoms. The topological polar surface area (TPSA) is 77.8 Å². The van der Waals surface area contributed by atoms with E-state index in [-0.39, 0.29) is 24.0 Å². The molecular formula is C35H25ClF2N4O2. The lowest BCUT2D eigenvalue weighted by atomic mass is 10.1. The van der Waals surface area contributed by atoms with Gasteiger partial charge >= 0.3 is 0 Å². The second-order valence-electron chi connectivity index (χ2n) is 9.18. The Kier molecular flexibility index (Phi) is 10.7. The van der Waals surface area contributed by atoms with Crippen LogP contribution in [0.4, 0.5) is 8.78 Å². The zero-order chi connectivity index (χ0) is 30.0. The van der Waals surface area contributed by atoms with Gasteiger partial charge in [-0.3, -0.25) is 0 Å². The molecule has 0 fully saturated rings. The minimum atomic E-state index is -0.287. The van der Waals surface area contributed by atoms with Crippen molar-refractivity contribution in [3.63, 3.8) is 0 Å². The average molecular weight is 607 g/mol. The maximum atomic E-state index is 13.1. The molecular weight excluding hydrogens is 582 g/mol. The maximum Gasteiger partial charge on any atom is 0.226 e. The normalized spacial score (nSPS) is 9.82. The fourth-order valence-corrected chi connectivity index (χ4v) is 3.76. The van der Waals surface area contributed by atoms with E-state index in [1.807, 2.05) is 55.5 Å². The van der Waals surface area contributed by atoms with E-state index in [2.05, 4.69) is 44.0 Å². The molecule has 6 rings (SSSR count). The monoisotopic (exact) mass is 606 g/mol. The molecule has 0 spiro atoms. The van der Waals surface area contributed by atoms with Gasteiger partial charge in [0.1, 0.15) is 11.6 Å². The van der Waals surface area contributed by atoms with Crippen molar-refractivity contribution < 1.29 is 17.8 Å². The highest BCUT2D eigenvalue weighted by molar-refractivity contribution is 5.85. The average Bonchev–Trinajstić information content (AvgIpc) is 3.69. The van der Waals surface area contributed by atoms with E-state index in [1.54, 1.807) is 31.2 Å². The van der Waals surface area contributed by atoms with Crippen molar-refractivity contribution in [2.45, 2.75) is 20.3 Å². The Hall–Kier alpha value is -5.57. The van der Waals surface area contributed by atoms with Gasteiger partial charge in [0.2, 0.25) is 23.4 Å². The molecule has 4 aromatic carbocycles. The molecule has 2 aromatic heterocycles. The largest absolute Gasteiger partial charge is 0.339 e. The number of aryl methyl sites for hydroxylation is 2. The number of hydrogen-bond acceptors (Lipinski definition) is 6. The number of aromatic nitrogens is 4. The lowest BCUT2D eigenvalue weighted by Gasteiger charge is -1.95. The maximum absolute atomic E-state index is 13.1. The highest BCUT2D eigenvalue weighted by Gasteiger charge is 2.07. The molecule has 0 saturated carbocycles. The smallest absolute Gasteiger partial charge is 0.226 e. The molecule has 0 saturated heterocycles. The zero-order valence-corrected chi connectivity index (χ0v) is 24.5. The first-order valence-electron chi connectivity index (χ1n) is 13.3. The highest BCUT2D eigenvalue weighted by Crippen LogP contribution is 2.17. The molecule has 6 nitrogen and oxygen atoms in total. The highest BCUT2D eigenvalue weighted by atomic mass is 35.5. The Balaban J connectivity index is 0.000000197. The van der Waals surface area contributed by atoms with Crippen molar-refractivity contribution in [1.29, 1.82) is 0 Å².